The SMILES string of the molecule is CCc1ccc(C(=O)NCCc2ccc(S(N)(=O)=O)cc2)cc1. The average Bonchev–Trinajstić information content (AvgIpc) is 2.54. The van der Waals surface area contributed by atoms with Crippen molar-refractivity contribution in [3.8, 4) is 0 Å². The molecule has 2 aromatic rings. The molecule has 6 heteroatoms. The van der Waals surface area contributed by atoms with Gasteiger partial charge in [-0.15, -0.1) is 0 Å². The zero-order chi connectivity index (χ0) is 16.9. The molecule has 0 bridgehead atoms. The number of hydrogen-bond donors (Lipinski definition) is 2. The molecule has 0 saturated carbocycles. The second-order valence-electron chi connectivity index (χ2n) is 5.25. The van der Waals surface area contributed by atoms with E-state index in [1.807, 2.05) is 24.3 Å². The van der Waals surface area contributed by atoms with Crippen LogP contribution in [0.2, 0.25) is 0 Å². The first kappa shape index (κ1) is 17.2. The predicted molar refractivity (Wildman–Crippen MR) is 89.7 cm³/mol. The minimum Gasteiger partial charge on any atom is -0.352 e. The Labute approximate surface area is 136 Å². The fraction of sp³-hybridized carbons (Fsp3) is 0.235. The topological polar surface area (TPSA) is 89.3 Å². The molecule has 0 aliphatic heterocycles. The first-order valence-corrected chi connectivity index (χ1v) is 8.93. The largest absolute Gasteiger partial charge is 0.352 e. The summed E-state index contributed by atoms with van der Waals surface area (Å²) in [4.78, 5) is 12.1. The van der Waals surface area contributed by atoms with Gasteiger partial charge in [0.2, 0.25) is 10.0 Å². The molecule has 0 fully saturated rings. The quantitative estimate of drug-likeness (QED) is 0.846. The Balaban J connectivity index is 1.87. The van der Waals surface area contributed by atoms with Crippen LogP contribution < -0.4 is 10.5 Å². The molecule has 0 unspecified atom stereocenters. The Kier molecular flexibility index (Phi) is 5.52. The first-order valence-electron chi connectivity index (χ1n) is 7.39. The smallest absolute Gasteiger partial charge is 0.251 e. The number of hydrogen-bond acceptors (Lipinski definition) is 3. The van der Waals surface area contributed by atoms with Gasteiger partial charge < -0.3 is 5.32 Å². The number of nitrogens with one attached hydrogen (secondary N) is 1. The molecule has 0 spiro atoms. The number of rotatable bonds is 6. The van der Waals surface area contributed by atoms with Gasteiger partial charge in [-0.3, -0.25) is 4.79 Å². The maximum atomic E-state index is 12.0. The number of nitrogens with two attached hydrogens (primary N) is 1. The lowest BCUT2D eigenvalue weighted by atomic mass is 10.1. The van der Waals surface area contributed by atoms with Gasteiger partial charge in [0.15, 0.2) is 0 Å². The summed E-state index contributed by atoms with van der Waals surface area (Å²) in [5.74, 6) is -0.117. The van der Waals surface area contributed by atoms with Gasteiger partial charge in [-0.25, -0.2) is 13.6 Å². The summed E-state index contributed by atoms with van der Waals surface area (Å²) in [5, 5.41) is 7.89. The highest BCUT2D eigenvalue weighted by molar-refractivity contribution is 7.89. The van der Waals surface area contributed by atoms with Crippen LogP contribution >= 0.6 is 0 Å². The van der Waals surface area contributed by atoms with Crippen molar-refractivity contribution in [1.82, 2.24) is 5.32 Å². The number of benzene rings is 2. The number of sulfonamides is 1. The zero-order valence-corrected chi connectivity index (χ0v) is 13.8. The molecule has 5 nitrogen and oxygen atoms in total. The lowest BCUT2D eigenvalue weighted by molar-refractivity contribution is 0.0954. The molecule has 3 N–H and O–H groups in total. The van der Waals surface area contributed by atoms with Crippen LogP contribution in [-0.4, -0.2) is 20.9 Å². The van der Waals surface area contributed by atoms with E-state index in [0.29, 0.717) is 18.5 Å². The number of primary sulfonamides is 1. The lowest BCUT2D eigenvalue weighted by Gasteiger charge is -2.07. The number of carbonyl (C=O) groups excluding carboxylic acids is 1. The highest BCUT2D eigenvalue weighted by atomic mass is 32.2. The molecule has 122 valence electrons. The predicted octanol–water partition coefficient (Wildman–Crippen LogP) is 1.87. The van der Waals surface area contributed by atoms with Gasteiger partial charge in [0, 0.05) is 12.1 Å². The van der Waals surface area contributed by atoms with Crippen LogP contribution in [0.5, 0.6) is 0 Å². The zero-order valence-electron chi connectivity index (χ0n) is 13.0. The molecule has 0 aliphatic rings. The molecular weight excluding hydrogens is 312 g/mol. The third-order valence-electron chi connectivity index (χ3n) is 3.58. The van der Waals surface area contributed by atoms with Crippen LogP contribution in [0.1, 0.15) is 28.4 Å². The van der Waals surface area contributed by atoms with Gasteiger partial charge in [-0.05, 0) is 48.2 Å². The van der Waals surface area contributed by atoms with Crippen molar-refractivity contribution in [1.29, 1.82) is 0 Å². The summed E-state index contributed by atoms with van der Waals surface area (Å²) in [7, 11) is -3.67. The van der Waals surface area contributed by atoms with Crippen LogP contribution in [0.25, 0.3) is 0 Å². The van der Waals surface area contributed by atoms with Crippen molar-refractivity contribution in [2.75, 3.05) is 6.54 Å². The van der Waals surface area contributed by atoms with Crippen LogP contribution in [0.4, 0.5) is 0 Å². The highest BCUT2D eigenvalue weighted by Gasteiger charge is 2.07. The molecule has 23 heavy (non-hydrogen) atoms. The van der Waals surface area contributed by atoms with Gasteiger partial charge in [-0.2, -0.15) is 0 Å². The number of carbonyl (C=O) groups is 1. The second-order valence-corrected chi connectivity index (χ2v) is 6.81. The minimum atomic E-state index is -3.67. The summed E-state index contributed by atoms with van der Waals surface area (Å²) in [6.07, 6.45) is 1.56. The Bertz CT molecular complexity index is 766. The van der Waals surface area contributed by atoms with Crippen LogP contribution in [-0.2, 0) is 22.9 Å². The summed E-state index contributed by atoms with van der Waals surface area (Å²) in [6, 6.07) is 13.8. The Morgan fingerprint density at radius 3 is 2.09 bits per heavy atom. The molecule has 1 amide bonds. The first-order chi connectivity index (χ1) is 10.9. The summed E-state index contributed by atoms with van der Waals surface area (Å²) in [6.45, 7) is 2.54. The normalized spacial score (nSPS) is 11.2. The Morgan fingerprint density at radius 1 is 1.00 bits per heavy atom. The van der Waals surface area contributed by atoms with E-state index in [1.54, 1.807) is 12.1 Å². The maximum absolute atomic E-state index is 12.0. The lowest BCUT2D eigenvalue weighted by Crippen LogP contribution is -2.25. The molecule has 0 radical (unpaired) electrons. The van der Waals surface area contributed by atoms with E-state index in [-0.39, 0.29) is 10.8 Å². The maximum Gasteiger partial charge on any atom is 0.251 e. The fourth-order valence-electron chi connectivity index (χ4n) is 2.16. The minimum absolute atomic E-state index is 0.0845. The Hall–Kier alpha value is -2.18. The van der Waals surface area contributed by atoms with E-state index >= 15 is 0 Å². The molecule has 0 heterocycles. The van der Waals surface area contributed by atoms with Gasteiger partial charge >= 0.3 is 0 Å². The van der Waals surface area contributed by atoms with Crippen molar-refractivity contribution < 1.29 is 13.2 Å². The van der Waals surface area contributed by atoms with Crippen molar-refractivity contribution >= 4 is 15.9 Å². The third-order valence-corrected chi connectivity index (χ3v) is 4.50. The molecular formula is C17H20N2O3S. The molecule has 0 saturated heterocycles. The van der Waals surface area contributed by atoms with Crippen molar-refractivity contribution in [3.63, 3.8) is 0 Å². The highest BCUT2D eigenvalue weighted by Crippen LogP contribution is 2.09. The van der Waals surface area contributed by atoms with Gasteiger partial charge in [0.1, 0.15) is 0 Å². The fourth-order valence-corrected chi connectivity index (χ4v) is 2.68. The van der Waals surface area contributed by atoms with Crippen LogP contribution in [0.15, 0.2) is 53.4 Å². The van der Waals surface area contributed by atoms with Gasteiger partial charge in [0.25, 0.3) is 5.91 Å². The molecule has 2 rings (SSSR count). The third kappa shape index (κ3) is 4.91. The van der Waals surface area contributed by atoms with E-state index in [1.165, 1.54) is 17.7 Å². The van der Waals surface area contributed by atoms with Gasteiger partial charge in [0.05, 0.1) is 4.90 Å². The second kappa shape index (κ2) is 7.39. The van der Waals surface area contributed by atoms with Gasteiger partial charge in [-0.1, -0.05) is 31.2 Å². The van der Waals surface area contributed by atoms with E-state index in [9.17, 15) is 13.2 Å². The molecule has 2 aromatic carbocycles. The number of aryl methyl sites for hydroxylation is 1. The standard InChI is InChI=1S/C17H20N2O3S/c1-2-13-3-7-15(8-4-13)17(20)19-12-11-14-5-9-16(10-6-14)23(18,21)22/h3-10H,2,11-12H2,1H3,(H,19,20)(H2,18,21,22). The van der Waals surface area contributed by atoms with E-state index < -0.39 is 10.0 Å². The van der Waals surface area contributed by atoms with E-state index in [4.69, 9.17) is 5.14 Å². The molecule has 0 aromatic heterocycles. The van der Waals surface area contributed by atoms with Crippen LogP contribution in [0.3, 0.4) is 0 Å². The van der Waals surface area contributed by atoms with Crippen molar-refractivity contribution in [2.24, 2.45) is 5.14 Å². The molecule has 0 atom stereocenters. The van der Waals surface area contributed by atoms with Crippen LogP contribution in [0, 0.1) is 0 Å². The average molecular weight is 332 g/mol. The number of amides is 1. The van der Waals surface area contributed by atoms with Crippen molar-refractivity contribution in [3.05, 3.63) is 65.2 Å². The summed E-state index contributed by atoms with van der Waals surface area (Å²) in [5.41, 5.74) is 2.75. The Morgan fingerprint density at radius 2 is 1.57 bits per heavy atom. The van der Waals surface area contributed by atoms with Crippen molar-refractivity contribution in [2.45, 2.75) is 24.7 Å². The van der Waals surface area contributed by atoms with E-state index in [0.717, 1.165) is 12.0 Å². The monoisotopic (exact) mass is 332 g/mol. The molecule has 0 aliphatic carbocycles. The summed E-state index contributed by atoms with van der Waals surface area (Å²) < 4.78 is 22.3. The summed E-state index contributed by atoms with van der Waals surface area (Å²) >= 11 is 0. The van der Waals surface area contributed by atoms with E-state index in [2.05, 4.69) is 12.2 Å².